The van der Waals surface area contributed by atoms with Gasteiger partial charge in [-0.25, -0.2) is 19.4 Å². The number of piperidine rings is 1. The van der Waals surface area contributed by atoms with E-state index in [2.05, 4.69) is 21.1 Å². The number of ether oxygens (including phenoxy) is 2. The van der Waals surface area contributed by atoms with E-state index >= 15 is 0 Å². The quantitative estimate of drug-likeness (QED) is 0.249. The summed E-state index contributed by atoms with van der Waals surface area (Å²) in [5, 5.41) is 15.4. The molecule has 4 aromatic rings. The Balaban J connectivity index is 1.16. The minimum Gasteiger partial charge on any atom is -0.490 e. The molecule has 2 aromatic carbocycles. The third kappa shape index (κ3) is 8.26. The Hall–Kier alpha value is -5.08. The molecule has 5 rings (SSSR count). The smallest absolute Gasteiger partial charge is 0.490 e. The number of rotatable bonds is 8. The average molecular weight is 595 g/mol. The van der Waals surface area contributed by atoms with Crippen LogP contribution in [0.3, 0.4) is 0 Å². The first-order valence-electron chi connectivity index (χ1n) is 14.4. The monoisotopic (exact) mass is 594 g/mol. The number of hydroxylamine groups is 2. The standard InChI is InChI=1S/C33H34N6O5/c1-33(2,3)43-32(41)44-38-14-12-23(13-15-38)22-42-28-19-35-31(36-20-28)27-9-5-7-25(17-27)21-39-30(40)11-10-29(37-39)26-8-4-6-24(16-26)18-34/h4-11,16-17,19-20,23H,12-15,21-22H2,1-3H3. The molecule has 0 saturated carbocycles. The van der Waals surface area contributed by atoms with Gasteiger partial charge in [0, 0.05) is 30.3 Å². The molecule has 0 atom stereocenters. The molecule has 0 spiro atoms. The highest BCUT2D eigenvalue weighted by Crippen LogP contribution is 2.22. The molecule has 0 unspecified atom stereocenters. The van der Waals surface area contributed by atoms with Crippen LogP contribution in [0, 0.1) is 17.2 Å². The molecule has 11 heteroatoms. The van der Waals surface area contributed by atoms with Crippen molar-refractivity contribution in [3.8, 4) is 34.5 Å². The van der Waals surface area contributed by atoms with Crippen LogP contribution in [0.15, 0.2) is 77.9 Å². The molecule has 0 amide bonds. The van der Waals surface area contributed by atoms with E-state index < -0.39 is 11.8 Å². The van der Waals surface area contributed by atoms with Crippen molar-refractivity contribution in [3.05, 3.63) is 94.5 Å². The van der Waals surface area contributed by atoms with Gasteiger partial charge in [0.2, 0.25) is 0 Å². The molecule has 1 aliphatic heterocycles. The molecule has 1 fully saturated rings. The fourth-order valence-electron chi connectivity index (χ4n) is 4.74. The van der Waals surface area contributed by atoms with Crippen molar-refractivity contribution in [2.45, 2.75) is 45.8 Å². The lowest BCUT2D eigenvalue weighted by Crippen LogP contribution is -2.38. The Morgan fingerprint density at radius 2 is 1.73 bits per heavy atom. The first-order chi connectivity index (χ1) is 21.1. The van der Waals surface area contributed by atoms with Crippen molar-refractivity contribution in [2.75, 3.05) is 19.7 Å². The van der Waals surface area contributed by atoms with Gasteiger partial charge in [0.1, 0.15) is 5.60 Å². The van der Waals surface area contributed by atoms with Gasteiger partial charge in [-0.2, -0.15) is 10.4 Å². The Morgan fingerprint density at radius 1 is 1.00 bits per heavy atom. The van der Waals surface area contributed by atoms with E-state index in [0.29, 0.717) is 48.4 Å². The zero-order valence-electron chi connectivity index (χ0n) is 25.0. The molecule has 44 heavy (non-hydrogen) atoms. The number of aromatic nitrogens is 4. The number of hydrogen-bond donors (Lipinski definition) is 0. The van der Waals surface area contributed by atoms with E-state index in [4.69, 9.17) is 14.3 Å². The molecular formula is C33H34N6O5. The van der Waals surface area contributed by atoms with Crippen LogP contribution >= 0.6 is 0 Å². The van der Waals surface area contributed by atoms with Crippen LogP contribution < -0.4 is 10.3 Å². The van der Waals surface area contributed by atoms with Gasteiger partial charge in [0.25, 0.3) is 5.56 Å². The van der Waals surface area contributed by atoms with Gasteiger partial charge >= 0.3 is 6.16 Å². The predicted molar refractivity (Wildman–Crippen MR) is 162 cm³/mol. The average Bonchev–Trinajstić information content (AvgIpc) is 3.01. The first-order valence-corrected chi connectivity index (χ1v) is 14.4. The molecular weight excluding hydrogens is 560 g/mol. The molecule has 0 radical (unpaired) electrons. The Labute approximate surface area is 255 Å². The minimum absolute atomic E-state index is 0.227. The van der Waals surface area contributed by atoms with Crippen molar-refractivity contribution in [3.63, 3.8) is 0 Å². The highest BCUT2D eigenvalue weighted by Gasteiger charge is 2.25. The maximum atomic E-state index is 12.6. The van der Waals surface area contributed by atoms with Crippen molar-refractivity contribution in [1.82, 2.24) is 24.8 Å². The third-order valence-corrected chi connectivity index (χ3v) is 6.95. The molecule has 0 N–H and O–H groups in total. The highest BCUT2D eigenvalue weighted by atomic mass is 16.8. The number of nitrogens with zero attached hydrogens (tertiary/aromatic N) is 6. The van der Waals surface area contributed by atoms with Crippen LogP contribution in [-0.4, -0.2) is 56.3 Å². The third-order valence-electron chi connectivity index (χ3n) is 6.95. The molecule has 2 aromatic heterocycles. The van der Waals surface area contributed by atoms with Crippen LogP contribution in [0.2, 0.25) is 0 Å². The highest BCUT2D eigenvalue weighted by molar-refractivity contribution is 5.61. The summed E-state index contributed by atoms with van der Waals surface area (Å²) in [6.07, 6.45) is 4.26. The van der Waals surface area contributed by atoms with Crippen LogP contribution in [-0.2, 0) is 16.1 Å². The van der Waals surface area contributed by atoms with E-state index in [0.717, 1.165) is 29.5 Å². The second kappa shape index (κ2) is 13.5. The van der Waals surface area contributed by atoms with Gasteiger partial charge < -0.3 is 14.3 Å². The number of carbonyl (C=O) groups excluding carboxylic acids is 1. The number of benzene rings is 2. The second-order valence-corrected chi connectivity index (χ2v) is 11.6. The van der Waals surface area contributed by atoms with E-state index in [1.54, 1.807) is 62.5 Å². The zero-order chi connectivity index (χ0) is 31.1. The van der Waals surface area contributed by atoms with Gasteiger partial charge in [-0.05, 0) is 69.4 Å². The number of nitriles is 1. The molecule has 226 valence electrons. The van der Waals surface area contributed by atoms with Gasteiger partial charge in [-0.1, -0.05) is 30.3 Å². The van der Waals surface area contributed by atoms with Crippen molar-refractivity contribution < 1.29 is 19.1 Å². The topological polar surface area (TPSA) is 132 Å². The van der Waals surface area contributed by atoms with E-state index in [-0.39, 0.29) is 12.1 Å². The lowest BCUT2D eigenvalue weighted by molar-refractivity contribution is -0.156. The SMILES string of the molecule is CC(C)(C)OC(=O)ON1CCC(COc2cnc(-c3cccc(Cn4nc(-c5cccc(C#N)c5)ccc4=O)c3)nc2)CC1. The fraction of sp³-hybridized carbons (Fsp3) is 0.333. The molecule has 0 aliphatic carbocycles. The largest absolute Gasteiger partial charge is 0.528 e. The summed E-state index contributed by atoms with van der Waals surface area (Å²) in [6.45, 7) is 7.40. The summed E-state index contributed by atoms with van der Waals surface area (Å²) in [6, 6.07) is 20.0. The summed E-state index contributed by atoms with van der Waals surface area (Å²) >= 11 is 0. The minimum atomic E-state index is -0.686. The van der Waals surface area contributed by atoms with Crippen molar-refractivity contribution >= 4 is 6.16 Å². The molecule has 1 aliphatic rings. The second-order valence-electron chi connectivity index (χ2n) is 11.6. The van der Waals surface area contributed by atoms with Crippen LogP contribution in [0.25, 0.3) is 22.6 Å². The van der Waals surface area contributed by atoms with Gasteiger partial charge in [-0.3, -0.25) is 4.79 Å². The van der Waals surface area contributed by atoms with Crippen molar-refractivity contribution in [1.29, 1.82) is 5.26 Å². The Bertz CT molecular complexity index is 1700. The zero-order valence-corrected chi connectivity index (χ0v) is 25.0. The molecule has 11 nitrogen and oxygen atoms in total. The fourth-order valence-corrected chi connectivity index (χ4v) is 4.74. The maximum absolute atomic E-state index is 12.6. The summed E-state index contributed by atoms with van der Waals surface area (Å²) in [7, 11) is 0. The normalized spacial score (nSPS) is 14.0. The Kier molecular flexibility index (Phi) is 9.31. The van der Waals surface area contributed by atoms with E-state index in [1.165, 1.54) is 10.7 Å². The first kappa shape index (κ1) is 30.4. The predicted octanol–water partition coefficient (Wildman–Crippen LogP) is 5.24. The van der Waals surface area contributed by atoms with Gasteiger partial charge in [0.15, 0.2) is 11.6 Å². The number of carbonyl (C=O) groups is 1. The molecule has 3 heterocycles. The lowest BCUT2D eigenvalue weighted by atomic mass is 9.99. The van der Waals surface area contributed by atoms with Crippen molar-refractivity contribution in [2.24, 2.45) is 5.92 Å². The van der Waals surface area contributed by atoms with Crippen LogP contribution in [0.5, 0.6) is 5.75 Å². The van der Waals surface area contributed by atoms with E-state index in [9.17, 15) is 14.9 Å². The van der Waals surface area contributed by atoms with E-state index in [1.807, 2.05) is 30.3 Å². The molecule has 1 saturated heterocycles. The Morgan fingerprint density at radius 3 is 2.45 bits per heavy atom. The van der Waals surface area contributed by atoms with Gasteiger partial charge in [0.05, 0.1) is 42.9 Å². The maximum Gasteiger partial charge on any atom is 0.528 e. The summed E-state index contributed by atoms with van der Waals surface area (Å²) in [5.41, 5.74) is 2.75. The van der Waals surface area contributed by atoms with Crippen LogP contribution in [0.1, 0.15) is 44.7 Å². The summed E-state index contributed by atoms with van der Waals surface area (Å²) in [4.78, 5) is 38.8. The number of hydrogen-bond acceptors (Lipinski definition) is 10. The summed E-state index contributed by atoms with van der Waals surface area (Å²) < 4.78 is 12.6. The molecule has 0 bridgehead atoms. The van der Waals surface area contributed by atoms with Crippen LogP contribution in [0.4, 0.5) is 4.79 Å². The lowest BCUT2D eigenvalue weighted by Gasteiger charge is -2.30. The summed E-state index contributed by atoms with van der Waals surface area (Å²) in [5.74, 6) is 1.43. The van der Waals surface area contributed by atoms with Gasteiger partial charge in [-0.15, -0.1) is 5.06 Å².